The molecule has 0 saturated carbocycles. The van der Waals surface area contributed by atoms with Crippen LogP contribution in [0, 0.1) is 6.92 Å². The molecule has 0 amide bonds. The summed E-state index contributed by atoms with van der Waals surface area (Å²) in [7, 11) is -3.49. The average Bonchev–Trinajstić information content (AvgIpc) is 2.87. The SMILES string of the molecule is CCc1onc(C)c1CS(=O)(=O)c1ncc(Cl)s1. The minimum atomic E-state index is -3.49. The first kappa shape index (κ1) is 13.5. The second-order valence-electron chi connectivity index (χ2n) is 3.71. The van der Waals surface area contributed by atoms with E-state index >= 15 is 0 Å². The van der Waals surface area contributed by atoms with Crippen LogP contribution >= 0.6 is 22.9 Å². The maximum absolute atomic E-state index is 12.2. The Morgan fingerprint density at radius 1 is 1.50 bits per heavy atom. The molecule has 18 heavy (non-hydrogen) atoms. The summed E-state index contributed by atoms with van der Waals surface area (Å²) < 4.78 is 29.8. The van der Waals surface area contributed by atoms with E-state index < -0.39 is 9.84 Å². The predicted octanol–water partition coefficient (Wildman–Crippen LogP) is 2.63. The fourth-order valence-electron chi connectivity index (χ4n) is 1.53. The molecule has 2 rings (SSSR count). The Hall–Kier alpha value is -0.920. The molecule has 0 atom stereocenters. The van der Waals surface area contributed by atoms with Gasteiger partial charge in [0.1, 0.15) is 10.1 Å². The van der Waals surface area contributed by atoms with Crippen molar-refractivity contribution in [2.45, 2.75) is 30.4 Å². The molecule has 0 aliphatic rings. The average molecular weight is 307 g/mol. The molecule has 98 valence electrons. The van der Waals surface area contributed by atoms with Crippen LogP contribution < -0.4 is 0 Å². The van der Waals surface area contributed by atoms with Crippen molar-refractivity contribution in [2.75, 3.05) is 0 Å². The monoisotopic (exact) mass is 306 g/mol. The molecule has 0 N–H and O–H groups in total. The first-order chi connectivity index (χ1) is 8.44. The Labute approximate surface area is 114 Å². The van der Waals surface area contributed by atoms with Gasteiger partial charge < -0.3 is 4.52 Å². The van der Waals surface area contributed by atoms with Gasteiger partial charge in [0, 0.05) is 12.0 Å². The van der Waals surface area contributed by atoms with E-state index in [0.717, 1.165) is 11.3 Å². The van der Waals surface area contributed by atoms with Crippen molar-refractivity contribution < 1.29 is 12.9 Å². The van der Waals surface area contributed by atoms with Gasteiger partial charge in [0.25, 0.3) is 0 Å². The molecule has 0 aromatic carbocycles. The molecule has 0 spiro atoms. The Morgan fingerprint density at radius 2 is 2.22 bits per heavy atom. The molecular weight excluding hydrogens is 296 g/mol. The Balaban J connectivity index is 2.36. The zero-order valence-corrected chi connectivity index (χ0v) is 12.2. The highest BCUT2D eigenvalue weighted by molar-refractivity contribution is 7.92. The summed E-state index contributed by atoms with van der Waals surface area (Å²) >= 11 is 6.65. The van der Waals surface area contributed by atoms with Crippen LogP contribution in [-0.2, 0) is 22.0 Å². The number of aromatic nitrogens is 2. The Bertz CT molecular complexity index is 660. The molecule has 0 aliphatic carbocycles. The molecule has 8 heteroatoms. The Morgan fingerprint density at radius 3 is 2.78 bits per heavy atom. The van der Waals surface area contributed by atoms with Crippen LogP contribution in [0.25, 0.3) is 0 Å². The maximum Gasteiger partial charge on any atom is 0.210 e. The standard InChI is InChI=1S/C10H11ClN2O3S2/c1-3-8-7(6(2)13-16-8)5-18(14,15)10-12-4-9(11)17-10/h4H,3,5H2,1-2H3. The number of aryl methyl sites for hydroxylation is 2. The van der Waals surface area contributed by atoms with Crippen LogP contribution in [0.15, 0.2) is 15.1 Å². The van der Waals surface area contributed by atoms with Crippen molar-refractivity contribution in [3.8, 4) is 0 Å². The number of hydrogen-bond donors (Lipinski definition) is 0. The largest absolute Gasteiger partial charge is 0.361 e. The molecule has 0 unspecified atom stereocenters. The number of halogens is 1. The van der Waals surface area contributed by atoms with Gasteiger partial charge in [-0.2, -0.15) is 0 Å². The normalized spacial score (nSPS) is 11.9. The predicted molar refractivity (Wildman–Crippen MR) is 68.6 cm³/mol. The van der Waals surface area contributed by atoms with Crippen LogP contribution in [0.4, 0.5) is 0 Å². The van der Waals surface area contributed by atoms with Crippen LogP contribution in [0.2, 0.25) is 4.34 Å². The van der Waals surface area contributed by atoms with E-state index in [1.165, 1.54) is 6.20 Å². The lowest BCUT2D eigenvalue weighted by atomic mass is 10.2. The molecular formula is C10H11ClN2O3S2. The molecule has 0 fully saturated rings. The van der Waals surface area contributed by atoms with Crippen molar-refractivity contribution in [3.05, 3.63) is 27.6 Å². The van der Waals surface area contributed by atoms with Gasteiger partial charge in [-0.05, 0) is 6.92 Å². The summed E-state index contributed by atoms with van der Waals surface area (Å²) in [6, 6.07) is 0. The molecule has 2 heterocycles. The number of thiazole rings is 1. The number of sulfone groups is 1. The van der Waals surface area contributed by atoms with Gasteiger partial charge in [-0.25, -0.2) is 13.4 Å². The van der Waals surface area contributed by atoms with E-state index in [2.05, 4.69) is 10.1 Å². The van der Waals surface area contributed by atoms with Gasteiger partial charge in [0.15, 0.2) is 0 Å². The van der Waals surface area contributed by atoms with Crippen LogP contribution in [0.3, 0.4) is 0 Å². The minimum absolute atomic E-state index is 0.0233. The van der Waals surface area contributed by atoms with Crippen LogP contribution in [-0.4, -0.2) is 18.6 Å². The smallest absolute Gasteiger partial charge is 0.210 e. The van der Waals surface area contributed by atoms with Crippen molar-refractivity contribution in [2.24, 2.45) is 0 Å². The fraction of sp³-hybridized carbons (Fsp3) is 0.400. The third-order valence-corrected chi connectivity index (χ3v) is 5.67. The van der Waals surface area contributed by atoms with Crippen molar-refractivity contribution >= 4 is 32.8 Å². The zero-order valence-electron chi connectivity index (χ0n) is 9.81. The minimum Gasteiger partial charge on any atom is -0.361 e. The van der Waals surface area contributed by atoms with E-state index in [0.29, 0.717) is 27.8 Å². The summed E-state index contributed by atoms with van der Waals surface area (Å²) in [4.78, 5) is 3.80. The van der Waals surface area contributed by atoms with Gasteiger partial charge in [0.2, 0.25) is 14.2 Å². The third-order valence-electron chi connectivity index (χ3n) is 2.44. The molecule has 0 radical (unpaired) electrons. The van der Waals surface area contributed by atoms with Crippen molar-refractivity contribution in [3.63, 3.8) is 0 Å². The maximum atomic E-state index is 12.2. The lowest BCUT2D eigenvalue weighted by Crippen LogP contribution is -2.06. The van der Waals surface area contributed by atoms with E-state index in [9.17, 15) is 8.42 Å². The summed E-state index contributed by atoms with van der Waals surface area (Å²) in [5.74, 6) is 0.439. The summed E-state index contributed by atoms with van der Waals surface area (Å²) in [6.07, 6.45) is 1.94. The number of rotatable bonds is 4. The molecule has 2 aromatic heterocycles. The van der Waals surface area contributed by atoms with E-state index in [-0.39, 0.29) is 10.1 Å². The summed E-state index contributed by atoms with van der Waals surface area (Å²) in [5, 5.41) is 3.79. The van der Waals surface area contributed by atoms with Gasteiger partial charge in [0.05, 0.1) is 17.6 Å². The topological polar surface area (TPSA) is 73.1 Å². The number of nitrogens with zero attached hydrogens (tertiary/aromatic N) is 2. The second kappa shape index (κ2) is 4.99. The molecule has 5 nitrogen and oxygen atoms in total. The molecule has 0 saturated heterocycles. The molecule has 0 aliphatic heterocycles. The van der Waals surface area contributed by atoms with Gasteiger partial charge >= 0.3 is 0 Å². The van der Waals surface area contributed by atoms with E-state index in [1.807, 2.05) is 6.92 Å². The third kappa shape index (κ3) is 2.57. The Kier molecular flexibility index (Phi) is 3.74. The van der Waals surface area contributed by atoms with Crippen LogP contribution in [0.5, 0.6) is 0 Å². The second-order valence-corrected chi connectivity index (χ2v) is 7.54. The molecule has 2 aromatic rings. The first-order valence-corrected chi connectivity index (χ1v) is 8.07. The lowest BCUT2D eigenvalue weighted by molar-refractivity contribution is 0.382. The van der Waals surface area contributed by atoms with Crippen LogP contribution in [0.1, 0.15) is 23.9 Å². The molecule has 0 bridgehead atoms. The summed E-state index contributed by atoms with van der Waals surface area (Å²) in [5.41, 5.74) is 1.21. The fourth-order valence-corrected chi connectivity index (χ4v) is 4.36. The van der Waals surface area contributed by atoms with Gasteiger partial charge in [-0.1, -0.05) is 35.0 Å². The lowest BCUT2D eigenvalue weighted by Gasteiger charge is -2.00. The highest BCUT2D eigenvalue weighted by Gasteiger charge is 2.24. The zero-order chi connectivity index (χ0) is 13.3. The highest BCUT2D eigenvalue weighted by Crippen LogP contribution is 2.27. The first-order valence-electron chi connectivity index (χ1n) is 5.22. The summed E-state index contributed by atoms with van der Waals surface area (Å²) in [6.45, 7) is 3.61. The number of hydrogen-bond acceptors (Lipinski definition) is 6. The van der Waals surface area contributed by atoms with Gasteiger partial charge in [-0.3, -0.25) is 0 Å². The van der Waals surface area contributed by atoms with Crippen molar-refractivity contribution in [1.29, 1.82) is 0 Å². The van der Waals surface area contributed by atoms with Gasteiger partial charge in [-0.15, -0.1) is 0 Å². The van der Waals surface area contributed by atoms with E-state index in [4.69, 9.17) is 16.1 Å². The van der Waals surface area contributed by atoms with E-state index in [1.54, 1.807) is 6.92 Å². The quantitative estimate of drug-likeness (QED) is 0.868. The van der Waals surface area contributed by atoms with Crippen molar-refractivity contribution in [1.82, 2.24) is 10.1 Å². The highest BCUT2D eigenvalue weighted by atomic mass is 35.5.